The molecule has 0 saturated heterocycles. The molecule has 2 aromatic carbocycles. The van der Waals surface area contributed by atoms with Crippen LogP contribution in [0.5, 0.6) is 0 Å². The van der Waals surface area contributed by atoms with Gasteiger partial charge in [0.05, 0.1) is 0 Å². The maximum Gasteiger partial charge on any atom is -0.0195 e. The summed E-state index contributed by atoms with van der Waals surface area (Å²) in [5, 5.41) is 3.20. The summed E-state index contributed by atoms with van der Waals surface area (Å²) in [7, 11) is 1.85. The third kappa shape index (κ3) is 7.90. The first-order valence-corrected chi connectivity index (χ1v) is 13.5. The fraction of sp³-hybridized carbons (Fsp3) is 0.500. The lowest BCUT2D eigenvalue weighted by atomic mass is 10.1. The Morgan fingerprint density at radius 3 is 1.38 bits per heavy atom. The fourth-order valence-electron chi connectivity index (χ4n) is 3.34. The van der Waals surface area contributed by atoms with E-state index in [4.69, 9.17) is 0 Å². The first-order chi connectivity index (χ1) is 12.8. The molecule has 0 radical (unpaired) electrons. The minimum absolute atomic E-state index is 0.923. The highest BCUT2D eigenvalue weighted by Gasteiger charge is 2.06. The molecule has 2 aromatic rings. The molecule has 2 atom stereocenters. The molecular weight excluding hydrogens is 350 g/mol. The van der Waals surface area contributed by atoms with Gasteiger partial charge in [-0.25, -0.2) is 0 Å². The maximum absolute atomic E-state index is 2.37. The van der Waals surface area contributed by atoms with Gasteiger partial charge in [0.1, 0.15) is 0 Å². The molecule has 0 saturated carbocycles. The number of rotatable bonds is 13. The molecule has 0 aliphatic rings. The van der Waals surface area contributed by atoms with Crippen molar-refractivity contribution in [1.29, 1.82) is 0 Å². The van der Waals surface area contributed by atoms with Crippen LogP contribution in [-0.2, 0) is 12.8 Å². The van der Waals surface area contributed by atoms with Gasteiger partial charge in [-0.2, -0.15) is 0 Å². The lowest BCUT2D eigenvalue weighted by Crippen LogP contribution is -2.06. The van der Waals surface area contributed by atoms with Crippen molar-refractivity contribution in [2.45, 2.75) is 78.1 Å². The van der Waals surface area contributed by atoms with E-state index in [-0.39, 0.29) is 0 Å². The average Bonchev–Trinajstić information content (AvgIpc) is 2.68. The first-order valence-electron chi connectivity index (χ1n) is 10.5. The highest BCUT2D eigenvalue weighted by molar-refractivity contribution is 8.18. The van der Waals surface area contributed by atoms with E-state index in [1.807, 2.05) is 0 Å². The molecular formula is C24H36P2. The van der Waals surface area contributed by atoms with Gasteiger partial charge in [0, 0.05) is 0 Å². The Morgan fingerprint density at radius 1 is 0.538 bits per heavy atom. The molecule has 2 heteroatoms. The van der Waals surface area contributed by atoms with Gasteiger partial charge in [-0.15, -0.1) is 0 Å². The number of benzene rings is 2. The van der Waals surface area contributed by atoms with Crippen molar-refractivity contribution in [1.82, 2.24) is 0 Å². The zero-order valence-electron chi connectivity index (χ0n) is 16.7. The van der Waals surface area contributed by atoms with Crippen molar-refractivity contribution in [3.63, 3.8) is 0 Å². The summed E-state index contributed by atoms with van der Waals surface area (Å²) in [6.45, 7) is 4.58. The summed E-state index contributed by atoms with van der Waals surface area (Å²) in [4.78, 5) is 0. The second-order valence-electron chi connectivity index (χ2n) is 7.19. The molecule has 0 amide bonds. The van der Waals surface area contributed by atoms with Crippen LogP contribution in [0, 0.1) is 0 Å². The molecule has 2 unspecified atom stereocenters. The van der Waals surface area contributed by atoms with E-state index < -0.39 is 0 Å². The summed E-state index contributed by atoms with van der Waals surface area (Å²) >= 11 is 0. The predicted octanol–water partition coefficient (Wildman–Crippen LogP) is 7.16. The molecule has 0 spiro atoms. The Hall–Kier alpha value is -0.700. The smallest absolute Gasteiger partial charge is 0.0195 e. The monoisotopic (exact) mass is 386 g/mol. The molecule has 0 fully saturated rings. The quantitative estimate of drug-likeness (QED) is 0.253. The molecule has 0 bridgehead atoms. The minimum atomic E-state index is 0.923. The van der Waals surface area contributed by atoms with E-state index in [2.05, 4.69) is 62.4 Å². The van der Waals surface area contributed by atoms with Gasteiger partial charge < -0.3 is 0 Å². The second kappa shape index (κ2) is 13.5. The van der Waals surface area contributed by atoms with Gasteiger partial charge in [0.25, 0.3) is 0 Å². The largest absolute Gasteiger partial charge is 0.0654 e. The number of aryl methyl sites for hydroxylation is 2. The van der Waals surface area contributed by atoms with Crippen LogP contribution in [-0.4, -0.2) is 0 Å². The van der Waals surface area contributed by atoms with Gasteiger partial charge in [-0.1, -0.05) is 117 Å². The van der Waals surface area contributed by atoms with Crippen molar-refractivity contribution in [3.8, 4) is 0 Å². The fourth-order valence-corrected chi connectivity index (χ4v) is 6.98. The van der Waals surface area contributed by atoms with Crippen molar-refractivity contribution in [3.05, 3.63) is 59.7 Å². The van der Waals surface area contributed by atoms with Gasteiger partial charge in [0.15, 0.2) is 0 Å². The Labute approximate surface area is 165 Å². The van der Waals surface area contributed by atoms with E-state index in [0.717, 1.165) is 16.5 Å². The van der Waals surface area contributed by atoms with Crippen LogP contribution in [0.15, 0.2) is 48.5 Å². The third-order valence-corrected chi connectivity index (χ3v) is 8.60. The van der Waals surface area contributed by atoms with Crippen LogP contribution in [0.4, 0.5) is 0 Å². The van der Waals surface area contributed by atoms with E-state index in [0.29, 0.717) is 0 Å². The van der Waals surface area contributed by atoms with Crippen molar-refractivity contribution >= 4 is 27.1 Å². The first kappa shape index (κ1) is 21.6. The molecule has 0 aliphatic heterocycles. The van der Waals surface area contributed by atoms with Crippen molar-refractivity contribution < 1.29 is 0 Å². The highest BCUT2D eigenvalue weighted by atomic mass is 32.0. The highest BCUT2D eigenvalue weighted by Crippen LogP contribution is 2.37. The van der Waals surface area contributed by atoms with Crippen LogP contribution >= 0.6 is 16.5 Å². The number of hydrogen-bond acceptors (Lipinski definition) is 0. The standard InChI is InChI=1S/C24H36P2/c1-3-5-7-9-15-21-17-11-13-19-23(21)25-26-24-20-14-12-18-22(24)16-10-8-6-4-2/h11-14,17-20,25-26H,3-10,15-16H2,1-2H3. The third-order valence-electron chi connectivity index (χ3n) is 4.97. The molecule has 0 aromatic heterocycles. The molecule has 0 aliphatic carbocycles. The topological polar surface area (TPSA) is 0 Å². The van der Waals surface area contributed by atoms with Crippen LogP contribution in [0.1, 0.15) is 76.3 Å². The molecule has 26 heavy (non-hydrogen) atoms. The summed E-state index contributed by atoms with van der Waals surface area (Å²) in [6.07, 6.45) is 13.3. The number of hydrogen-bond donors (Lipinski definition) is 0. The predicted molar refractivity (Wildman–Crippen MR) is 124 cm³/mol. The zero-order chi connectivity index (χ0) is 18.5. The van der Waals surface area contributed by atoms with Crippen molar-refractivity contribution in [2.24, 2.45) is 0 Å². The number of unbranched alkanes of at least 4 members (excludes halogenated alkanes) is 6. The van der Waals surface area contributed by atoms with Crippen molar-refractivity contribution in [2.75, 3.05) is 0 Å². The van der Waals surface area contributed by atoms with E-state index in [1.54, 1.807) is 21.7 Å². The molecule has 142 valence electrons. The molecule has 0 N–H and O–H groups in total. The van der Waals surface area contributed by atoms with Crippen LogP contribution in [0.25, 0.3) is 0 Å². The van der Waals surface area contributed by atoms with Crippen LogP contribution < -0.4 is 10.6 Å². The van der Waals surface area contributed by atoms with Gasteiger partial charge in [-0.3, -0.25) is 0 Å². The van der Waals surface area contributed by atoms with E-state index in [1.165, 1.54) is 64.2 Å². The Bertz CT molecular complexity index is 566. The normalized spacial score (nSPS) is 11.9. The SMILES string of the molecule is CCCCCCc1ccccc1PPc1ccccc1CCCCCC. The summed E-state index contributed by atoms with van der Waals surface area (Å²) in [5.74, 6) is 0. The lowest BCUT2D eigenvalue weighted by Gasteiger charge is -2.12. The zero-order valence-corrected chi connectivity index (χ0v) is 18.7. The van der Waals surface area contributed by atoms with Gasteiger partial charge >= 0.3 is 0 Å². The van der Waals surface area contributed by atoms with E-state index in [9.17, 15) is 0 Å². The van der Waals surface area contributed by atoms with Crippen LogP contribution in [0.3, 0.4) is 0 Å². The molecule has 0 nitrogen and oxygen atoms in total. The average molecular weight is 387 g/mol. The molecule has 0 heterocycles. The summed E-state index contributed by atoms with van der Waals surface area (Å²) in [6, 6.07) is 18.3. The van der Waals surface area contributed by atoms with E-state index >= 15 is 0 Å². The minimum Gasteiger partial charge on any atom is -0.0654 e. The summed E-state index contributed by atoms with van der Waals surface area (Å²) in [5.41, 5.74) is 3.18. The van der Waals surface area contributed by atoms with Gasteiger partial charge in [0.2, 0.25) is 0 Å². The summed E-state index contributed by atoms with van der Waals surface area (Å²) < 4.78 is 0. The molecule has 2 rings (SSSR count). The van der Waals surface area contributed by atoms with Gasteiger partial charge in [-0.05, 0) is 47.4 Å². The Kier molecular flexibility index (Phi) is 11.2. The second-order valence-corrected chi connectivity index (χ2v) is 10.3. The Balaban J connectivity index is 1.92. The maximum atomic E-state index is 2.37. The van der Waals surface area contributed by atoms with Crippen LogP contribution in [0.2, 0.25) is 0 Å². The lowest BCUT2D eigenvalue weighted by molar-refractivity contribution is 0.668. The Morgan fingerprint density at radius 2 is 0.962 bits per heavy atom.